The van der Waals surface area contributed by atoms with Gasteiger partial charge in [-0.1, -0.05) is 33.6 Å². The van der Waals surface area contributed by atoms with Crippen LogP contribution in [-0.2, 0) is 0 Å². The minimum atomic E-state index is -0.729. The first kappa shape index (κ1) is 23.5. The lowest BCUT2D eigenvalue weighted by atomic mass is 9.97. The number of rotatable bonds is 6. The molecule has 0 bridgehead atoms. The topological polar surface area (TPSA) is 69.0 Å². The zero-order valence-electron chi connectivity index (χ0n) is 19.0. The van der Waals surface area contributed by atoms with Gasteiger partial charge in [-0.3, -0.25) is 14.5 Å². The van der Waals surface area contributed by atoms with E-state index >= 15 is 0 Å². The average Bonchev–Trinajstić information content (AvgIpc) is 3.14. The van der Waals surface area contributed by atoms with Crippen LogP contribution in [0.4, 0.5) is 5.69 Å². The van der Waals surface area contributed by atoms with E-state index in [0.29, 0.717) is 52.0 Å². The van der Waals surface area contributed by atoms with Gasteiger partial charge < -0.3 is 13.9 Å². The number of fused-ring (bicyclic) bond motifs is 2. The molecule has 6 nitrogen and oxygen atoms in total. The third-order valence-electron chi connectivity index (χ3n) is 5.82. The normalized spacial score (nSPS) is 14.9. The zero-order chi connectivity index (χ0) is 24.7. The van der Waals surface area contributed by atoms with Crippen LogP contribution in [0.2, 0.25) is 5.02 Å². The molecule has 0 fully saturated rings. The van der Waals surface area contributed by atoms with E-state index in [2.05, 4.69) is 15.9 Å². The molecule has 0 spiro atoms. The lowest BCUT2D eigenvalue weighted by molar-refractivity contribution is 0.0971. The summed E-state index contributed by atoms with van der Waals surface area (Å²) >= 11 is 9.61. The second kappa shape index (κ2) is 9.40. The van der Waals surface area contributed by atoms with Gasteiger partial charge in [0.05, 0.1) is 30.2 Å². The molecule has 1 unspecified atom stereocenters. The Kier molecular flexibility index (Phi) is 6.30. The van der Waals surface area contributed by atoms with Crippen molar-refractivity contribution >= 4 is 50.1 Å². The summed E-state index contributed by atoms with van der Waals surface area (Å²) < 4.78 is 18.4. The largest absolute Gasteiger partial charge is 0.490 e. The molecule has 0 aliphatic carbocycles. The number of hydrogen-bond acceptors (Lipinski definition) is 5. The maximum Gasteiger partial charge on any atom is 0.295 e. The molecule has 0 radical (unpaired) electrons. The first-order valence-corrected chi connectivity index (χ1v) is 12.3. The first-order valence-electron chi connectivity index (χ1n) is 11.2. The summed E-state index contributed by atoms with van der Waals surface area (Å²) in [6.07, 6.45) is 0. The first-order chi connectivity index (χ1) is 16.9. The highest BCUT2D eigenvalue weighted by atomic mass is 79.9. The van der Waals surface area contributed by atoms with Gasteiger partial charge in [0.15, 0.2) is 16.9 Å². The summed E-state index contributed by atoms with van der Waals surface area (Å²) in [6.45, 7) is 4.69. The standard InChI is InChI=1S/C27H21BrClNO5/c1-3-33-21-11-5-15(13-22(21)34-4-2)24-23-25(31)19-14-17(29)8-12-20(19)35-26(23)27(32)30(24)18-9-6-16(28)7-10-18/h5-14,24H,3-4H2,1-2H3. The molecule has 2 heterocycles. The molecule has 4 aromatic rings. The van der Waals surface area contributed by atoms with Crippen LogP contribution in [0.1, 0.15) is 41.6 Å². The summed E-state index contributed by atoms with van der Waals surface area (Å²) in [5.41, 5.74) is 1.60. The van der Waals surface area contributed by atoms with E-state index in [1.54, 1.807) is 29.2 Å². The molecule has 0 N–H and O–H groups in total. The maximum absolute atomic E-state index is 13.8. The number of halogens is 2. The number of anilines is 1. The van der Waals surface area contributed by atoms with Crippen molar-refractivity contribution in [3.05, 3.63) is 97.3 Å². The van der Waals surface area contributed by atoms with Gasteiger partial charge in [-0.2, -0.15) is 0 Å². The third-order valence-corrected chi connectivity index (χ3v) is 6.58. The summed E-state index contributed by atoms with van der Waals surface area (Å²) in [4.78, 5) is 29.0. The highest BCUT2D eigenvalue weighted by Gasteiger charge is 2.44. The number of benzene rings is 3. The molecule has 1 aliphatic rings. The number of nitrogens with zero attached hydrogens (tertiary/aromatic N) is 1. The third kappa shape index (κ3) is 4.09. The maximum atomic E-state index is 13.8. The monoisotopic (exact) mass is 553 g/mol. The number of ether oxygens (including phenoxy) is 2. The van der Waals surface area contributed by atoms with Gasteiger partial charge >= 0.3 is 0 Å². The van der Waals surface area contributed by atoms with Crippen LogP contribution in [0.25, 0.3) is 11.0 Å². The summed E-state index contributed by atoms with van der Waals surface area (Å²) in [7, 11) is 0. The van der Waals surface area contributed by atoms with Gasteiger partial charge in [0.2, 0.25) is 5.76 Å². The van der Waals surface area contributed by atoms with E-state index in [4.69, 9.17) is 25.5 Å². The Morgan fingerprint density at radius 1 is 0.943 bits per heavy atom. The minimum absolute atomic E-state index is 0.0181. The Labute approximate surface area is 215 Å². The van der Waals surface area contributed by atoms with Crippen molar-refractivity contribution in [2.75, 3.05) is 18.1 Å². The van der Waals surface area contributed by atoms with Gasteiger partial charge in [-0.25, -0.2) is 0 Å². The summed E-state index contributed by atoms with van der Waals surface area (Å²) in [5.74, 6) is 0.754. The lowest BCUT2D eigenvalue weighted by Gasteiger charge is -2.26. The fraction of sp³-hybridized carbons (Fsp3) is 0.185. The highest BCUT2D eigenvalue weighted by molar-refractivity contribution is 9.10. The minimum Gasteiger partial charge on any atom is -0.490 e. The molecular weight excluding hydrogens is 534 g/mol. The average molecular weight is 555 g/mol. The van der Waals surface area contributed by atoms with Crippen molar-refractivity contribution < 1.29 is 18.7 Å². The number of carbonyl (C=O) groups is 1. The van der Waals surface area contributed by atoms with Crippen molar-refractivity contribution in [3.8, 4) is 11.5 Å². The van der Waals surface area contributed by atoms with E-state index in [9.17, 15) is 9.59 Å². The molecule has 1 aliphatic heterocycles. The molecule has 3 aromatic carbocycles. The molecule has 1 atom stereocenters. The highest BCUT2D eigenvalue weighted by Crippen LogP contribution is 2.43. The van der Waals surface area contributed by atoms with Gasteiger partial charge in [0.1, 0.15) is 5.58 Å². The molecule has 0 saturated heterocycles. The number of hydrogen-bond donors (Lipinski definition) is 0. The molecule has 35 heavy (non-hydrogen) atoms. The molecule has 8 heteroatoms. The second-order valence-electron chi connectivity index (χ2n) is 7.94. The molecular formula is C27H21BrClNO5. The van der Waals surface area contributed by atoms with Crippen LogP contribution < -0.4 is 19.8 Å². The van der Waals surface area contributed by atoms with Gasteiger partial charge in [0, 0.05) is 15.2 Å². The van der Waals surface area contributed by atoms with Gasteiger partial charge in [-0.05, 0) is 74.0 Å². The Hall–Kier alpha value is -3.29. The Bertz CT molecular complexity index is 1500. The molecule has 178 valence electrons. The van der Waals surface area contributed by atoms with Crippen molar-refractivity contribution in [2.24, 2.45) is 0 Å². The Morgan fingerprint density at radius 2 is 1.66 bits per heavy atom. The van der Waals surface area contributed by atoms with E-state index in [-0.39, 0.29) is 16.8 Å². The van der Waals surface area contributed by atoms with E-state index in [1.165, 1.54) is 0 Å². The Balaban J connectivity index is 1.78. The quantitative estimate of drug-likeness (QED) is 0.263. The second-order valence-corrected chi connectivity index (χ2v) is 9.29. The van der Waals surface area contributed by atoms with Crippen molar-refractivity contribution in [1.82, 2.24) is 0 Å². The fourth-order valence-corrected chi connectivity index (χ4v) is 4.80. The van der Waals surface area contributed by atoms with Crippen LogP contribution >= 0.6 is 27.5 Å². The number of amides is 1. The lowest BCUT2D eigenvalue weighted by Crippen LogP contribution is -2.29. The smallest absolute Gasteiger partial charge is 0.295 e. The predicted molar refractivity (Wildman–Crippen MR) is 139 cm³/mol. The summed E-state index contributed by atoms with van der Waals surface area (Å²) in [6, 6.07) is 16.9. The Morgan fingerprint density at radius 3 is 2.37 bits per heavy atom. The molecule has 0 saturated carbocycles. The van der Waals surface area contributed by atoms with Crippen molar-refractivity contribution in [1.29, 1.82) is 0 Å². The fourth-order valence-electron chi connectivity index (χ4n) is 4.37. The van der Waals surface area contributed by atoms with Gasteiger partial charge in [-0.15, -0.1) is 0 Å². The molecule has 1 amide bonds. The zero-order valence-corrected chi connectivity index (χ0v) is 21.4. The van der Waals surface area contributed by atoms with E-state index in [0.717, 1.165) is 4.47 Å². The van der Waals surface area contributed by atoms with Crippen LogP contribution in [0.3, 0.4) is 0 Å². The van der Waals surface area contributed by atoms with Gasteiger partial charge in [0.25, 0.3) is 5.91 Å². The van der Waals surface area contributed by atoms with Crippen LogP contribution in [-0.4, -0.2) is 19.1 Å². The molecule has 5 rings (SSSR count). The predicted octanol–water partition coefficient (Wildman–Crippen LogP) is 6.76. The van der Waals surface area contributed by atoms with Crippen LogP contribution in [0.15, 0.2) is 74.3 Å². The van der Waals surface area contributed by atoms with Crippen molar-refractivity contribution in [3.63, 3.8) is 0 Å². The van der Waals surface area contributed by atoms with E-state index in [1.807, 2.05) is 50.2 Å². The summed E-state index contributed by atoms with van der Waals surface area (Å²) in [5, 5.41) is 0.734. The van der Waals surface area contributed by atoms with Crippen LogP contribution in [0, 0.1) is 0 Å². The molecule has 1 aromatic heterocycles. The van der Waals surface area contributed by atoms with E-state index < -0.39 is 11.9 Å². The number of carbonyl (C=O) groups excluding carboxylic acids is 1. The van der Waals surface area contributed by atoms with Crippen LogP contribution in [0.5, 0.6) is 11.5 Å². The SMILES string of the molecule is CCOc1ccc(C2c3c(oc4ccc(Cl)cc4c3=O)C(=O)N2c2ccc(Br)cc2)cc1OCC. The van der Waals surface area contributed by atoms with Crippen molar-refractivity contribution in [2.45, 2.75) is 19.9 Å².